The zero-order valence-corrected chi connectivity index (χ0v) is 10.6. The second kappa shape index (κ2) is 6.24. The van der Waals surface area contributed by atoms with E-state index in [9.17, 15) is 9.90 Å². The highest BCUT2D eigenvalue weighted by atomic mass is 16.5. The van der Waals surface area contributed by atoms with Crippen LogP contribution in [0.2, 0.25) is 0 Å². The molecule has 1 atom stereocenters. The Bertz CT molecular complexity index is 217. The second-order valence-corrected chi connectivity index (χ2v) is 5.12. The highest BCUT2D eigenvalue weighted by Gasteiger charge is 2.32. The maximum atomic E-state index is 11.4. The predicted molar refractivity (Wildman–Crippen MR) is 62.9 cm³/mol. The van der Waals surface area contributed by atoms with Crippen molar-refractivity contribution in [2.75, 3.05) is 6.61 Å². The molecule has 0 saturated heterocycles. The van der Waals surface area contributed by atoms with Crippen LogP contribution in [0.25, 0.3) is 0 Å². The number of hydrogen-bond donors (Lipinski definition) is 1. The summed E-state index contributed by atoms with van der Waals surface area (Å²) in [5.41, 5.74) is 0. The molecule has 1 N–H and O–H groups in total. The van der Waals surface area contributed by atoms with Crippen molar-refractivity contribution >= 4 is 5.97 Å². The number of hydrogen-bond acceptors (Lipinski definition) is 3. The van der Waals surface area contributed by atoms with E-state index < -0.39 is 12.1 Å². The van der Waals surface area contributed by atoms with Gasteiger partial charge in [-0.15, -0.1) is 0 Å². The van der Waals surface area contributed by atoms with Crippen molar-refractivity contribution in [3.63, 3.8) is 0 Å². The summed E-state index contributed by atoms with van der Waals surface area (Å²) < 4.78 is 4.84. The maximum Gasteiger partial charge on any atom is 0.335 e. The summed E-state index contributed by atoms with van der Waals surface area (Å²) >= 11 is 0. The number of ether oxygens (including phenoxy) is 1. The fourth-order valence-corrected chi connectivity index (χ4v) is 2.55. The molecule has 1 aliphatic carbocycles. The number of aliphatic hydroxyl groups excluding tert-OH is 1. The molecule has 1 saturated carbocycles. The van der Waals surface area contributed by atoms with Crippen molar-refractivity contribution in [2.45, 2.75) is 52.6 Å². The molecule has 0 heterocycles. The Morgan fingerprint density at radius 2 is 1.75 bits per heavy atom. The van der Waals surface area contributed by atoms with Crippen LogP contribution in [0, 0.1) is 17.8 Å². The van der Waals surface area contributed by atoms with Gasteiger partial charge in [0.2, 0.25) is 0 Å². The normalized spacial score (nSPS) is 27.8. The van der Waals surface area contributed by atoms with E-state index in [1.165, 1.54) is 0 Å². The number of carbonyl (C=O) groups is 1. The molecule has 94 valence electrons. The molecule has 0 bridgehead atoms. The third-order valence-electron chi connectivity index (χ3n) is 3.73. The summed E-state index contributed by atoms with van der Waals surface area (Å²) in [4.78, 5) is 11.4. The van der Waals surface area contributed by atoms with Crippen LogP contribution in [-0.2, 0) is 9.53 Å². The zero-order valence-electron chi connectivity index (χ0n) is 10.6. The van der Waals surface area contributed by atoms with Gasteiger partial charge in [-0.3, -0.25) is 0 Å². The van der Waals surface area contributed by atoms with Gasteiger partial charge in [0.15, 0.2) is 6.10 Å². The van der Waals surface area contributed by atoms with E-state index in [4.69, 9.17) is 4.74 Å². The van der Waals surface area contributed by atoms with Crippen LogP contribution in [-0.4, -0.2) is 23.8 Å². The molecule has 1 aliphatic rings. The summed E-state index contributed by atoms with van der Waals surface area (Å²) in [7, 11) is 0. The molecule has 0 spiro atoms. The van der Waals surface area contributed by atoms with Gasteiger partial charge in [0, 0.05) is 0 Å². The van der Waals surface area contributed by atoms with Crippen molar-refractivity contribution in [3.05, 3.63) is 0 Å². The molecule has 1 unspecified atom stereocenters. The summed E-state index contributed by atoms with van der Waals surface area (Å²) in [6.45, 7) is 6.59. The first kappa shape index (κ1) is 13.5. The summed E-state index contributed by atoms with van der Waals surface area (Å²) in [5, 5.41) is 9.82. The minimum Gasteiger partial charge on any atom is -0.464 e. The molecule has 0 amide bonds. The average molecular weight is 228 g/mol. The van der Waals surface area contributed by atoms with E-state index in [1.54, 1.807) is 6.92 Å². The Hall–Kier alpha value is -0.570. The second-order valence-electron chi connectivity index (χ2n) is 5.12. The van der Waals surface area contributed by atoms with Gasteiger partial charge in [0.1, 0.15) is 0 Å². The Balaban J connectivity index is 2.38. The minimum absolute atomic E-state index is 0.106. The average Bonchev–Trinajstić information content (AvgIpc) is 2.28. The Labute approximate surface area is 98.2 Å². The molecule has 0 aliphatic heterocycles. The summed E-state index contributed by atoms with van der Waals surface area (Å²) in [5.74, 6) is 1.12. The van der Waals surface area contributed by atoms with E-state index >= 15 is 0 Å². The fraction of sp³-hybridized carbons (Fsp3) is 0.923. The lowest BCUT2D eigenvalue weighted by molar-refractivity contribution is -0.157. The van der Waals surface area contributed by atoms with Gasteiger partial charge in [-0.05, 0) is 50.4 Å². The van der Waals surface area contributed by atoms with Gasteiger partial charge >= 0.3 is 5.97 Å². The van der Waals surface area contributed by atoms with Gasteiger partial charge in [-0.1, -0.05) is 13.8 Å². The SMILES string of the molecule is CCOC(=O)C(O)C1CCC(C(C)C)CC1. The largest absolute Gasteiger partial charge is 0.464 e. The lowest BCUT2D eigenvalue weighted by Gasteiger charge is -2.32. The third-order valence-corrected chi connectivity index (χ3v) is 3.73. The number of rotatable bonds is 4. The van der Waals surface area contributed by atoms with Crippen molar-refractivity contribution in [2.24, 2.45) is 17.8 Å². The quantitative estimate of drug-likeness (QED) is 0.751. The van der Waals surface area contributed by atoms with Crippen molar-refractivity contribution in [1.29, 1.82) is 0 Å². The lowest BCUT2D eigenvalue weighted by atomic mass is 9.75. The molecule has 0 radical (unpaired) electrons. The molecule has 0 aromatic heterocycles. The van der Waals surface area contributed by atoms with Gasteiger partial charge in [-0.25, -0.2) is 4.79 Å². The molecule has 1 fully saturated rings. The van der Waals surface area contributed by atoms with Crippen LogP contribution < -0.4 is 0 Å². The molecule has 0 aromatic rings. The highest BCUT2D eigenvalue weighted by molar-refractivity contribution is 5.74. The van der Waals surface area contributed by atoms with Crippen molar-refractivity contribution < 1.29 is 14.6 Å². The van der Waals surface area contributed by atoms with Crippen LogP contribution >= 0.6 is 0 Å². The first-order valence-electron chi connectivity index (χ1n) is 6.41. The molecular formula is C13H24O3. The first-order valence-corrected chi connectivity index (χ1v) is 6.41. The molecule has 16 heavy (non-hydrogen) atoms. The topological polar surface area (TPSA) is 46.5 Å². The number of aliphatic hydroxyl groups is 1. The first-order chi connectivity index (χ1) is 7.56. The van der Waals surface area contributed by atoms with Crippen molar-refractivity contribution in [1.82, 2.24) is 0 Å². The fourth-order valence-electron chi connectivity index (χ4n) is 2.55. The summed E-state index contributed by atoms with van der Waals surface area (Å²) in [6, 6.07) is 0. The third kappa shape index (κ3) is 3.48. The van der Waals surface area contributed by atoms with Gasteiger partial charge in [0.25, 0.3) is 0 Å². The zero-order chi connectivity index (χ0) is 12.1. The predicted octanol–water partition coefficient (Wildman–Crippen LogP) is 2.37. The molecule has 3 nitrogen and oxygen atoms in total. The van der Waals surface area contributed by atoms with E-state index in [2.05, 4.69) is 13.8 Å². The van der Waals surface area contributed by atoms with Crippen LogP contribution in [0.15, 0.2) is 0 Å². The Morgan fingerprint density at radius 1 is 1.25 bits per heavy atom. The smallest absolute Gasteiger partial charge is 0.335 e. The molecule has 1 rings (SSSR count). The van der Waals surface area contributed by atoms with E-state index in [-0.39, 0.29) is 5.92 Å². The summed E-state index contributed by atoms with van der Waals surface area (Å²) in [6.07, 6.45) is 3.23. The van der Waals surface area contributed by atoms with Crippen LogP contribution in [0.4, 0.5) is 0 Å². The minimum atomic E-state index is -0.909. The van der Waals surface area contributed by atoms with Crippen LogP contribution in [0.1, 0.15) is 46.5 Å². The van der Waals surface area contributed by atoms with Gasteiger partial charge in [0.05, 0.1) is 6.61 Å². The molecular weight excluding hydrogens is 204 g/mol. The Kier molecular flexibility index (Phi) is 5.26. The highest BCUT2D eigenvalue weighted by Crippen LogP contribution is 2.34. The Morgan fingerprint density at radius 3 is 2.19 bits per heavy atom. The van der Waals surface area contributed by atoms with Crippen molar-refractivity contribution in [3.8, 4) is 0 Å². The van der Waals surface area contributed by atoms with E-state index in [0.717, 1.165) is 31.6 Å². The monoisotopic (exact) mass is 228 g/mol. The van der Waals surface area contributed by atoms with E-state index in [1.807, 2.05) is 0 Å². The van der Waals surface area contributed by atoms with E-state index in [0.29, 0.717) is 12.5 Å². The molecule has 3 heteroatoms. The standard InChI is InChI=1S/C13H24O3/c1-4-16-13(15)12(14)11-7-5-10(6-8-11)9(2)3/h9-12,14H,4-8H2,1-3H3. The van der Waals surface area contributed by atoms with Gasteiger partial charge < -0.3 is 9.84 Å². The van der Waals surface area contributed by atoms with Crippen LogP contribution in [0.3, 0.4) is 0 Å². The van der Waals surface area contributed by atoms with Crippen LogP contribution in [0.5, 0.6) is 0 Å². The maximum absolute atomic E-state index is 11.4. The van der Waals surface area contributed by atoms with Gasteiger partial charge in [-0.2, -0.15) is 0 Å². The number of esters is 1. The molecule has 0 aromatic carbocycles. The lowest BCUT2D eigenvalue weighted by Crippen LogP contribution is -2.34. The number of carbonyl (C=O) groups excluding carboxylic acids is 1.